The number of carbonyl (C=O) groups is 1. The molecule has 1 amide bonds. The number of ether oxygens (including phenoxy) is 1. The Morgan fingerprint density at radius 2 is 1.76 bits per heavy atom. The van der Waals surface area contributed by atoms with Crippen LogP contribution in [-0.2, 0) is 0 Å². The maximum Gasteiger partial charge on any atom is 0.259 e. The van der Waals surface area contributed by atoms with Crippen molar-refractivity contribution in [2.24, 2.45) is 0 Å². The van der Waals surface area contributed by atoms with Gasteiger partial charge in [0.15, 0.2) is 0 Å². The van der Waals surface area contributed by atoms with Crippen molar-refractivity contribution < 1.29 is 9.53 Å². The van der Waals surface area contributed by atoms with Crippen LogP contribution in [0.2, 0.25) is 0 Å². The fourth-order valence-electron chi connectivity index (χ4n) is 2.09. The van der Waals surface area contributed by atoms with Gasteiger partial charge in [-0.25, -0.2) is 0 Å². The van der Waals surface area contributed by atoms with E-state index in [-0.39, 0.29) is 5.91 Å². The Hall–Kier alpha value is -2.49. The second-order valence-electron chi connectivity index (χ2n) is 4.79. The second kappa shape index (κ2) is 6.79. The van der Waals surface area contributed by atoms with E-state index in [1.54, 1.807) is 12.1 Å². The minimum Gasteiger partial charge on any atom is -0.493 e. The van der Waals surface area contributed by atoms with Gasteiger partial charge in [-0.3, -0.25) is 4.79 Å². The first kappa shape index (κ1) is 14.9. The topological polar surface area (TPSA) is 41.6 Å². The van der Waals surface area contributed by atoms with Crippen molar-refractivity contribution in [2.45, 2.75) is 6.92 Å². The molecule has 0 fully saturated rings. The van der Waals surface area contributed by atoms with Crippen LogP contribution in [0.5, 0.6) is 5.75 Å². The lowest BCUT2D eigenvalue weighted by atomic mass is 10.1. The van der Waals surface area contributed by atoms with Crippen LogP contribution in [0.1, 0.15) is 17.3 Å². The minimum atomic E-state index is -0.173. The lowest BCUT2D eigenvalue weighted by molar-refractivity contribution is 0.102. The van der Waals surface area contributed by atoms with Crippen LogP contribution in [0.3, 0.4) is 0 Å². The number of anilines is 2. The zero-order valence-electron chi connectivity index (χ0n) is 12.6. The van der Waals surface area contributed by atoms with Gasteiger partial charge in [-0.15, -0.1) is 0 Å². The normalized spacial score (nSPS) is 10.0. The number of amides is 1. The van der Waals surface area contributed by atoms with Crippen LogP contribution in [0.4, 0.5) is 11.4 Å². The summed E-state index contributed by atoms with van der Waals surface area (Å²) in [5.74, 6) is 0.424. The molecule has 4 heteroatoms. The summed E-state index contributed by atoms with van der Waals surface area (Å²) in [7, 11) is 3.89. The Bertz CT molecular complexity index is 624. The van der Waals surface area contributed by atoms with Gasteiger partial charge >= 0.3 is 0 Å². The van der Waals surface area contributed by atoms with Crippen molar-refractivity contribution in [3.63, 3.8) is 0 Å². The smallest absolute Gasteiger partial charge is 0.259 e. The van der Waals surface area contributed by atoms with E-state index in [4.69, 9.17) is 4.74 Å². The van der Waals surface area contributed by atoms with Gasteiger partial charge in [-0.05, 0) is 31.2 Å². The molecule has 0 saturated heterocycles. The Kier molecular flexibility index (Phi) is 4.82. The highest BCUT2D eigenvalue weighted by Gasteiger charge is 2.14. The summed E-state index contributed by atoms with van der Waals surface area (Å²) in [5.41, 5.74) is 2.27. The molecule has 0 unspecified atom stereocenters. The van der Waals surface area contributed by atoms with Crippen LogP contribution in [0.15, 0.2) is 48.5 Å². The molecule has 2 aromatic rings. The van der Waals surface area contributed by atoms with Crippen molar-refractivity contribution in [1.82, 2.24) is 0 Å². The Morgan fingerprint density at radius 3 is 2.48 bits per heavy atom. The van der Waals surface area contributed by atoms with Gasteiger partial charge in [0.1, 0.15) is 5.75 Å². The van der Waals surface area contributed by atoms with E-state index in [1.807, 2.05) is 62.3 Å². The van der Waals surface area contributed by atoms with Gasteiger partial charge in [0.2, 0.25) is 0 Å². The Morgan fingerprint density at radius 1 is 1.10 bits per heavy atom. The third-order valence-corrected chi connectivity index (χ3v) is 3.07. The van der Waals surface area contributed by atoms with E-state index in [2.05, 4.69) is 5.32 Å². The number of carbonyl (C=O) groups excluding carboxylic acids is 1. The summed E-state index contributed by atoms with van der Waals surface area (Å²) in [6.45, 7) is 2.43. The maximum atomic E-state index is 12.5. The molecule has 2 aromatic carbocycles. The lowest BCUT2D eigenvalue weighted by Gasteiger charge is -2.18. The quantitative estimate of drug-likeness (QED) is 0.915. The summed E-state index contributed by atoms with van der Waals surface area (Å²) in [4.78, 5) is 14.4. The first-order valence-electron chi connectivity index (χ1n) is 6.93. The third kappa shape index (κ3) is 3.54. The molecule has 0 aliphatic rings. The molecule has 0 atom stereocenters. The van der Waals surface area contributed by atoms with Crippen LogP contribution in [0, 0.1) is 0 Å². The Balaban J connectivity index is 2.27. The van der Waals surface area contributed by atoms with Gasteiger partial charge < -0.3 is 15.0 Å². The standard InChI is InChI=1S/C17H20N2O2/c1-4-21-16-12-8-5-9-13(16)17(20)18-14-10-6-7-11-15(14)19(2)3/h5-12H,4H2,1-3H3,(H,18,20). The van der Waals surface area contributed by atoms with E-state index in [9.17, 15) is 4.79 Å². The van der Waals surface area contributed by atoms with Gasteiger partial charge in [0.05, 0.1) is 23.5 Å². The number of hydrogen-bond donors (Lipinski definition) is 1. The highest BCUT2D eigenvalue weighted by atomic mass is 16.5. The fraction of sp³-hybridized carbons (Fsp3) is 0.235. The molecule has 0 saturated carbocycles. The van der Waals surface area contributed by atoms with E-state index in [1.165, 1.54) is 0 Å². The van der Waals surface area contributed by atoms with Gasteiger partial charge in [-0.1, -0.05) is 24.3 Å². The molecule has 0 aliphatic heterocycles. The van der Waals surface area contributed by atoms with E-state index < -0.39 is 0 Å². The maximum absolute atomic E-state index is 12.5. The summed E-state index contributed by atoms with van der Waals surface area (Å²) >= 11 is 0. The van der Waals surface area contributed by atoms with E-state index in [0.717, 1.165) is 11.4 Å². The molecule has 2 rings (SSSR count). The van der Waals surface area contributed by atoms with Gasteiger partial charge in [-0.2, -0.15) is 0 Å². The molecule has 110 valence electrons. The zero-order chi connectivity index (χ0) is 15.2. The van der Waals surface area contributed by atoms with Gasteiger partial charge in [0, 0.05) is 14.1 Å². The van der Waals surface area contributed by atoms with Crippen LogP contribution < -0.4 is 15.0 Å². The molecular weight excluding hydrogens is 264 g/mol. The van der Waals surface area contributed by atoms with Crippen molar-refractivity contribution in [2.75, 3.05) is 30.9 Å². The van der Waals surface area contributed by atoms with E-state index >= 15 is 0 Å². The molecule has 1 N–H and O–H groups in total. The van der Waals surface area contributed by atoms with Crippen molar-refractivity contribution in [3.8, 4) is 5.75 Å². The van der Waals surface area contributed by atoms with Crippen LogP contribution >= 0.6 is 0 Å². The van der Waals surface area contributed by atoms with Crippen LogP contribution in [-0.4, -0.2) is 26.6 Å². The first-order chi connectivity index (χ1) is 10.1. The molecule has 0 spiro atoms. The number of benzene rings is 2. The minimum absolute atomic E-state index is 0.173. The van der Waals surface area contributed by atoms with Crippen molar-refractivity contribution in [3.05, 3.63) is 54.1 Å². The van der Waals surface area contributed by atoms with E-state index in [0.29, 0.717) is 17.9 Å². The lowest BCUT2D eigenvalue weighted by Crippen LogP contribution is -2.17. The summed E-state index contributed by atoms with van der Waals surface area (Å²) < 4.78 is 5.50. The molecule has 4 nitrogen and oxygen atoms in total. The number of rotatable bonds is 5. The molecule has 21 heavy (non-hydrogen) atoms. The second-order valence-corrected chi connectivity index (χ2v) is 4.79. The molecule has 0 aliphatic carbocycles. The molecular formula is C17H20N2O2. The van der Waals surface area contributed by atoms with Crippen molar-refractivity contribution >= 4 is 17.3 Å². The molecule has 0 radical (unpaired) electrons. The number of hydrogen-bond acceptors (Lipinski definition) is 3. The van der Waals surface area contributed by atoms with Crippen molar-refractivity contribution in [1.29, 1.82) is 0 Å². The number of para-hydroxylation sites is 3. The summed E-state index contributed by atoms with van der Waals surface area (Å²) in [6, 6.07) is 14.9. The molecule has 0 bridgehead atoms. The largest absolute Gasteiger partial charge is 0.493 e. The highest BCUT2D eigenvalue weighted by molar-refractivity contribution is 6.07. The summed E-state index contributed by atoms with van der Waals surface area (Å²) in [5, 5.41) is 2.95. The zero-order valence-corrected chi connectivity index (χ0v) is 12.6. The SMILES string of the molecule is CCOc1ccccc1C(=O)Nc1ccccc1N(C)C. The Labute approximate surface area is 125 Å². The molecule has 0 aromatic heterocycles. The predicted molar refractivity (Wildman–Crippen MR) is 86.3 cm³/mol. The average molecular weight is 284 g/mol. The molecule has 0 heterocycles. The first-order valence-corrected chi connectivity index (χ1v) is 6.93. The van der Waals surface area contributed by atoms with Crippen LogP contribution in [0.25, 0.3) is 0 Å². The monoisotopic (exact) mass is 284 g/mol. The average Bonchev–Trinajstić information content (AvgIpc) is 2.48. The fourth-order valence-corrected chi connectivity index (χ4v) is 2.09. The number of nitrogens with one attached hydrogen (secondary N) is 1. The van der Waals surface area contributed by atoms with Gasteiger partial charge in [0.25, 0.3) is 5.91 Å². The number of nitrogens with zero attached hydrogens (tertiary/aromatic N) is 1. The highest BCUT2D eigenvalue weighted by Crippen LogP contribution is 2.25. The summed E-state index contributed by atoms with van der Waals surface area (Å²) in [6.07, 6.45) is 0. The third-order valence-electron chi connectivity index (χ3n) is 3.07. The predicted octanol–water partition coefficient (Wildman–Crippen LogP) is 3.40.